The Morgan fingerprint density at radius 3 is 2.37 bits per heavy atom. The van der Waals surface area contributed by atoms with E-state index >= 15 is 0 Å². The van der Waals surface area contributed by atoms with E-state index in [9.17, 15) is 4.79 Å². The lowest BCUT2D eigenvalue weighted by atomic mass is 10.1. The van der Waals surface area contributed by atoms with E-state index in [1.54, 1.807) is 0 Å². The zero-order chi connectivity index (χ0) is 19.2. The Hall–Kier alpha value is -1.63. The Morgan fingerprint density at radius 1 is 1.15 bits per heavy atom. The van der Waals surface area contributed by atoms with Gasteiger partial charge in [0.1, 0.15) is 0 Å². The lowest BCUT2D eigenvalue weighted by molar-refractivity contribution is -0.118. The van der Waals surface area contributed by atoms with Crippen LogP contribution in [0.5, 0.6) is 0 Å². The molecule has 2 fully saturated rings. The van der Waals surface area contributed by atoms with Crippen LogP contribution in [0.15, 0.2) is 24.3 Å². The second kappa shape index (κ2) is 9.53. The van der Waals surface area contributed by atoms with E-state index in [4.69, 9.17) is 9.47 Å². The van der Waals surface area contributed by atoms with Gasteiger partial charge in [-0.3, -0.25) is 9.69 Å². The van der Waals surface area contributed by atoms with E-state index < -0.39 is 0 Å². The second-order valence-corrected chi connectivity index (χ2v) is 7.69. The summed E-state index contributed by atoms with van der Waals surface area (Å²) < 4.78 is 11.5. The molecular weight excluding hydrogens is 342 g/mol. The van der Waals surface area contributed by atoms with Gasteiger partial charge in [-0.2, -0.15) is 0 Å². The van der Waals surface area contributed by atoms with Gasteiger partial charge in [0.15, 0.2) is 0 Å². The molecule has 2 aliphatic heterocycles. The average molecular weight is 376 g/mol. The first-order valence-electron chi connectivity index (χ1n) is 10.2. The number of morpholine rings is 1. The molecule has 3 rings (SSSR count). The monoisotopic (exact) mass is 375 g/mol. The number of anilines is 2. The van der Waals surface area contributed by atoms with Crippen molar-refractivity contribution >= 4 is 17.3 Å². The molecule has 150 valence electrons. The predicted molar refractivity (Wildman–Crippen MR) is 108 cm³/mol. The predicted octanol–water partition coefficient (Wildman–Crippen LogP) is 2.74. The van der Waals surface area contributed by atoms with Crippen LogP contribution in [0.3, 0.4) is 0 Å². The standard InChI is InChI=1S/C21H33N3O3/c1-4-26-20-9-11-23(12-10-20)15-21(25)22-18-5-7-19(8-6-18)24-13-16(2)27-17(3)14-24/h5-8,16-17,20H,4,9-15H2,1-3H3,(H,22,25). The number of nitrogens with zero attached hydrogens (tertiary/aromatic N) is 2. The molecule has 1 N–H and O–H groups in total. The van der Waals surface area contributed by atoms with Crippen molar-refractivity contribution in [2.24, 2.45) is 0 Å². The summed E-state index contributed by atoms with van der Waals surface area (Å²) in [6.45, 7) is 11.1. The second-order valence-electron chi connectivity index (χ2n) is 7.69. The minimum atomic E-state index is 0.0474. The van der Waals surface area contributed by atoms with Crippen molar-refractivity contribution in [2.75, 3.05) is 49.5 Å². The van der Waals surface area contributed by atoms with Crippen LogP contribution in [0.4, 0.5) is 11.4 Å². The molecule has 0 aliphatic carbocycles. The summed E-state index contributed by atoms with van der Waals surface area (Å²) in [5.74, 6) is 0.0474. The van der Waals surface area contributed by atoms with Crippen LogP contribution in [0, 0.1) is 0 Å². The maximum atomic E-state index is 12.3. The summed E-state index contributed by atoms with van der Waals surface area (Å²) in [6, 6.07) is 8.13. The Balaban J connectivity index is 1.46. The zero-order valence-corrected chi connectivity index (χ0v) is 16.8. The summed E-state index contributed by atoms with van der Waals surface area (Å²) in [4.78, 5) is 16.9. The molecule has 0 saturated carbocycles. The number of hydrogen-bond donors (Lipinski definition) is 1. The molecule has 27 heavy (non-hydrogen) atoms. The number of ether oxygens (including phenoxy) is 2. The highest BCUT2D eigenvalue weighted by atomic mass is 16.5. The van der Waals surface area contributed by atoms with E-state index in [1.165, 1.54) is 5.69 Å². The molecule has 2 saturated heterocycles. The molecule has 0 radical (unpaired) electrons. The maximum Gasteiger partial charge on any atom is 0.238 e. The van der Waals surface area contributed by atoms with Gasteiger partial charge in [0.05, 0.1) is 24.9 Å². The highest BCUT2D eigenvalue weighted by Crippen LogP contribution is 2.22. The Bertz CT molecular complexity index is 589. The number of carbonyl (C=O) groups excluding carboxylic acids is 1. The molecule has 0 bridgehead atoms. The molecular formula is C21H33N3O3. The number of hydrogen-bond acceptors (Lipinski definition) is 5. The van der Waals surface area contributed by atoms with Crippen LogP contribution in [0.1, 0.15) is 33.6 Å². The fraction of sp³-hybridized carbons (Fsp3) is 0.667. The highest BCUT2D eigenvalue weighted by molar-refractivity contribution is 5.92. The smallest absolute Gasteiger partial charge is 0.238 e. The number of piperidine rings is 1. The third-order valence-corrected chi connectivity index (χ3v) is 5.24. The molecule has 0 aromatic heterocycles. The van der Waals surface area contributed by atoms with Gasteiger partial charge < -0.3 is 19.7 Å². The SMILES string of the molecule is CCOC1CCN(CC(=O)Nc2ccc(N3CC(C)OC(C)C3)cc2)CC1. The Labute approximate surface area is 162 Å². The molecule has 6 heteroatoms. The van der Waals surface area contributed by atoms with E-state index in [2.05, 4.69) is 41.1 Å². The molecule has 1 aromatic carbocycles. The fourth-order valence-electron chi connectivity index (χ4n) is 4.02. The van der Waals surface area contributed by atoms with Crippen molar-refractivity contribution in [3.05, 3.63) is 24.3 Å². The van der Waals surface area contributed by atoms with Gasteiger partial charge in [-0.1, -0.05) is 0 Å². The van der Waals surface area contributed by atoms with Crippen molar-refractivity contribution in [2.45, 2.75) is 51.9 Å². The topological polar surface area (TPSA) is 54.0 Å². The van der Waals surface area contributed by atoms with E-state index in [0.717, 1.165) is 51.3 Å². The van der Waals surface area contributed by atoms with Gasteiger partial charge >= 0.3 is 0 Å². The van der Waals surface area contributed by atoms with Crippen molar-refractivity contribution in [3.63, 3.8) is 0 Å². The quantitative estimate of drug-likeness (QED) is 0.829. The highest BCUT2D eigenvalue weighted by Gasteiger charge is 2.23. The first kappa shape index (κ1) is 20.1. The van der Waals surface area contributed by atoms with Crippen LogP contribution in [0.2, 0.25) is 0 Å². The van der Waals surface area contributed by atoms with E-state index in [1.807, 2.05) is 19.1 Å². The average Bonchev–Trinajstić information content (AvgIpc) is 2.63. The summed E-state index contributed by atoms with van der Waals surface area (Å²) in [7, 11) is 0. The van der Waals surface area contributed by atoms with Gasteiger partial charge in [-0.05, 0) is 57.9 Å². The van der Waals surface area contributed by atoms with E-state index in [0.29, 0.717) is 12.6 Å². The summed E-state index contributed by atoms with van der Waals surface area (Å²) in [5.41, 5.74) is 2.02. The van der Waals surface area contributed by atoms with Gasteiger partial charge in [0.25, 0.3) is 0 Å². The number of likely N-dealkylation sites (tertiary alicyclic amines) is 1. The summed E-state index contributed by atoms with van der Waals surface area (Å²) >= 11 is 0. The number of rotatable bonds is 6. The molecule has 0 spiro atoms. The van der Waals surface area contributed by atoms with Crippen molar-refractivity contribution < 1.29 is 14.3 Å². The number of carbonyl (C=O) groups is 1. The van der Waals surface area contributed by atoms with Crippen LogP contribution in [0.25, 0.3) is 0 Å². The number of amides is 1. The van der Waals surface area contributed by atoms with Crippen molar-refractivity contribution in [1.82, 2.24) is 4.90 Å². The molecule has 2 atom stereocenters. The van der Waals surface area contributed by atoms with Crippen LogP contribution in [-0.2, 0) is 14.3 Å². The van der Waals surface area contributed by atoms with Gasteiger partial charge in [-0.15, -0.1) is 0 Å². The molecule has 2 heterocycles. The summed E-state index contributed by atoms with van der Waals surface area (Å²) in [5, 5.41) is 3.02. The van der Waals surface area contributed by atoms with Gasteiger partial charge in [-0.25, -0.2) is 0 Å². The lowest BCUT2D eigenvalue weighted by Crippen LogP contribution is -2.45. The third kappa shape index (κ3) is 5.92. The maximum absolute atomic E-state index is 12.3. The fourth-order valence-corrected chi connectivity index (χ4v) is 4.02. The molecule has 2 unspecified atom stereocenters. The molecule has 6 nitrogen and oxygen atoms in total. The lowest BCUT2D eigenvalue weighted by Gasteiger charge is -2.36. The molecule has 2 aliphatic rings. The largest absolute Gasteiger partial charge is 0.378 e. The zero-order valence-electron chi connectivity index (χ0n) is 16.8. The van der Waals surface area contributed by atoms with Crippen LogP contribution >= 0.6 is 0 Å². The number of benzene rings is 1. The third-order valence-electron chi connectivity index (χ3n) is 5.24. The first-order chi connectivity index (χ1) is 13.0. The minimum absolute atomic E-state index is 0.0474. The van der Waals surface area contributed by atoms with E-state index in [-0.39, 0.29) is 18.1 Å². The van der Waals surface area contributed by atoms with Crippen LogP contribution < -0.4 is 10.2 Å². The van der Waals surface area contributed by atoms with Crippen molar-refractivity contribution in [3.8, 4) is 0 Å². The summed E-state index contributed by atoms with van der Waals surface area (Å²) in [6.07, 6.45) is 2.84. The Kier molecular flexibility index (Phi) is 7.10. The van der Waals surface area contributed by atoms with Crippen LogP contribution in [-0.4, -0.2) is 68.4 Å². The minimum Gasteiger partial charge on any atom is -0.378 e. The number of nitrogens with one attached hydrogen (secondary N) is 1. The van der Waals surface area contributed by atoms with Gasteiger partial charge in [0, 0.05) is 44.2 Å². The first-order valence-corrected chi connectivity index (χ1v) is 10.2. The van der Waals surface area contributed by atoms with Crippen molar-refractivity contribution in [1.29, 1.82) is 0 Å². The van der Waals surface area contributed by atoms with Gasteiger partial charge in [0.2, 0.25) is 5.91 Å². The molecule has 1 amide bonds. The Morgan fingerprint density at radius 2 is 1.78 bits per heavy atom. The molecule has 1 aromatic rings. The normalized spacial score (nSPS) is 24.8.